The van der Waals surface area contributed by atoms with Gasteiger partial charge < -0.3 is 15.4 Å². The highest BCUT2D eigenvalue weighted by molar-refractivity contribution is 5.04. The lowest BCUT2D eigenvalue weighted by atomic mass is 10.0. The maximum Gasteiger partial charge on any atom is 0.0600 e. The Morgan fingerprint density at radius 1 is 1.12 bits per heavy atom. The fourth-order valence-electron chi connectivity index (χ4n) is 3.18. The predicted molar refractivity (Wildman–Crippen MR) is 69.1 cm³/mol. The van der Waals surface area contributed by atoms with Gasteiger partial charge in [-0.05, 0) is 62.9 Å². The summed E-state index contributed by atoms with van der Waals surface area (Å²) in [5.74, 6) is 1.07. The Morgan fingerprint density at radius 3 is 2.53 bits per heavy atom. The lowest BCUT2D eigenvalue weighted by molar-refractivity contribution is 0.0343. The first-order valence-electron chi connectivity index (χ1n) is 7.42. The second kappa shape index (κ2) is 5.25. The van der Waals surface area contributed by atoms with E-state index in [9.17, 15) is 0 Å². The van der Waals surface area contributed by atoms with E-state index >= 15 is 0 Å². The Labute approximate surface area is 105 Å². The molecule has 1 saturated heterocycles. The average Bonchev–Trinajstić information content (AvgIpc) is 3.23. The molecule has 0 aromatic heterocycles. The molecule has 0 spiro atoms. The van der Waals surface area contributed by atoms with Crippen LogP contribution >= 0.6 is 0 Å². The number of rotatable bonds is 7. The van der Waals surface area contributed by atoms with Crippen LogP contribution < -0.4 is 10.6 Å². The molecule has 0 aromatic carbocycles. The van der Waals surface area contributed by atoms with Crippen molar-refractivity contribution in [2.45, 2.75) is 44.6 Å². The molecule has 1 aliphatic heterocycles. The Kier molecular flexibility index (Phi) is 3.69. The Bertz CT molecular complexity index is 243. The maximum absolute atomic E-state index is 5.89. The predicted octanol–water partition coefficient (Wildman–Crippen LogP) is 1.53. The van der Waals surface area contributed by atoms with Crippen LogP contribution in [0, 0.1) is 11.3 Å². The summed E-state index contributed by atoms with van der Waals surface area (Å²) in [4.78, 5) is 0. The molecule has 1 heterocycles. The third-order valence-corrected chi connectivity index (χ3v) is 4.73. The van der Waals surface area contributed by atoms with Gasteiger partial charge in [-0.1, -0.05) is 0 Å². The zero-order valence-corrected chi connectivity index (χ0v) is 10.8. The first-order chi connectivity index (χ1) is 8.39. The molecule has 0 atom stereocenters. The van der Waals surface area contributed by atoms with Crippen LogP contribution in [-0.2, 0) is 4.74 Å². The quantitative estimate of drug-likeness (QED) is 0.660. The number of piperidine rings is 1. The summed E-state index contributed by atoms with van der Waals surface area (Å²) in [5.41, 5.74) is 0.731. The van der Waals surface area contributed by atoms with E-state index in [1.165, 1.54) is 45.1 Å². The summed E-state index contributed by atoms with van der Waals surface area (Å²) < 4.78 is 5.89. The molecule has 17 heavy (non-hydrogen) atoms. The van der Waals surface area contributed by atoms with Crippen molar-refractivity contribution in [1.82, 2.24) is 10.6 Å². The first-order valence-corrected chi connectivity index (χ1v) is 7.42. The lowest BCUT2D eigenvalue weighted by Gasteiger charge is -2.23. The Hall–Kier alpha value is -0.120. The number of hydrogen-bond acceptors (Lipinski definition) is 3. The van der Waals surface area contributed by atoms with Gasteiger partial charge in [-0.25, -0.2) is 0 Å². The van der Waals surface area contributed by atoms with Gasteiger partial charge in [-0.15, -0.1) is 0 Å². The molecular weight excluding hydrogens is 212 g/mol. The molecule has 3 aliphatic rings. The van der Waals surface area contributed by atoms with Gasteiger partial charge in [0.2, 0.25) is 0 Å². The molecule has 0 radical (unpaired) electrons. The molecule has 0 aromatic rings. The molecule has 2 N–H and O–H groups in total. The molecule has 0 bridgehead atoms. The van der Waals surface area contributed by atoms with Gasteiger partial charge in [0.15, 0.2) is 0 Å². The molecule has 3 rings (SSSR count). The fourth-order valence-corrected chi connectivity index (χ4v) is 3.18. The number of ether oxygens (including phenoxy) is 1. The van der Waals surface area contributed by atoms with Crippen molar-refractivity contribution in [2.75, 3.05) is 32.8 Å². The number of hydrogen-bond donors (Lipinski definition) is 2. The van der Waals surface area contributed by atoms with Gasteiger partial charge in [0, 0.05) is 13.1 Å². The first kappa shape index (κ1) is 11.9. The summed E-state index contributed by atoms with van der Waals surface area (Å²) in [5, 5.41) is 6.98. The van der Waals surface area contributed by atoms with Gasteiger partial charge in [-0.2, -0.15) is 0 Å². The minimum Gasteiger partial charge on any atom is -0.377 e. The number of nitrogens with one attached hydrogen (secondary N) is 2. The molecule has 3 nitrogen and oxygen atoms in total. The van der Waals surface area contributed by atoms with Crippen LogP contribution in [0.25, 0.3) is 0 Å². The van der Waals surface area contributed by atoms with Crippen LogP contribution in [0.1, 0.15) is 38.5 Å². The fraction of sp³-hybridized carbons (Fsp3) is 1.00. The van der Waals surface area contributed by atoms with Gasteiger partial charge in [-0.3, -0.25) is 0 Å². The van der Waals surface area contributed by atoms with Crippen LogP contribution in [0.5, 0.6) is 0 Å². The van der Waals surface area contributed by atoms with Crippen molar-refractivity contribution in [1.29, 1.82) is 0 Å². The highest BCUT2D eigenvalue weighted by atomic mass is 16.5. The monoisotopic (exact) mass is 238 g/mol. The Morgan fingerprint density at radius 2 is 1.88 bits per heavy atom. The minimum absolute atomic E-state index is 0.511. The zero-order chi connectivity index (χ0) is 11.6. The van der Waals surface area contributed by atoms with Crippen molar-refractivity contribution in [3.05, 3.63) is 0 Å². The summed E-state index contributed by atoms with van der Waals surface area (Å²) in [7, 11) is 0. The van der Waals surface area contributed by atoms with E-state index in [0.29, 0.717) is 6.10 Å². The largest absolute Gasteiger partial charge is 0.377 e. The van der Waals surface area contributed by atoms with E-state index in [-0.39, 0.29) is 0 Å². The van der Waals surface area contributed by atoms with E-state index in [1.807, 2.05) is 0 Å². The van der Waals surface area contributed by atoms with E-state index in [4.69, 9.17) is 4.74 Å². The van der Waals surface area contributed by atoms with Gasteiger partial charge >= 0.3 is 0 Å². The normalized spacial score (nSPS) is 28.2. The highest BCUT2D eigenvalue weighted by Crippen LogP contribution is 2.60. The van der Waals surface area contributed by atoms with Crippen LogP contribution in [-0.4, -0.2) is 38.9 Å². The van der Waals surface area contributed by atoms with Crippen molar-refractivity contribution < 1.29 is 4.74 Å². The summed E-state index contributed by atoms with van der Waals surface area (Å²) in [6, 6.07) is 0. The maximum atomic E-state index is 5.89. The van der Waals surface area contributed by atoms with Crippen molar-refractivity contribution in [3.8, 4) is 0 Å². The molecule has 0 amide bonds. The van der Waals surface area contributed by atoms with Crippen molar-refractivity contribution >= 4 is 0 Å². The topological polar surface area (TPSA) is 33.3 Å². The molecule has 0 unspecified atom stereocenters. The molecular formula is C14H26N2O. The van der Waals surface area contributed by atoms with Crippen molar-refractivity contribution in [2.24, 2.45) is 11.3 Å². The second-order valence-corrected chi connectivity index (χ2v) is 6.13. The Balaban J connectivity index is 1.23. The lowest BCUT2D eigenvalue weighted by Crippen LogP contribution is -2.34. The van der Waals surface area contributed by atoms with Crippen LogP contribution in [0.2, 0.25) is 0 Å². The summed E-state index contributed by atoms with van der Waals surface area (Å²) in [6.07, 6.45) is 8.81. The second-order valence-electron chi connectivity index (χ2n) is 6.13. The van der Waals surface area contributed by atoms with Gasteiger partial charge in [0.05, 0.1) is 12.7 Å². The van der Waals surface area contributed by atoms with E-state index in [0.717, 1.165) is 37.6 Å². The van der Waals surface area contributed by atoms with Crippen LogP contribution in [0.3, 0.4) is 0 Å². The molecule has 98 valence electrons. The molecule has 2 aliphatic carbocycles. The molecule has 3 fully saturated rings. The minimum atomic E-state index is 0.511. The van der Waals surface area contributed by atoms with Crippen molar-refractivity contribution in [3.63, 3.8) is 0 Å². The third-order valence-electron chi connectivity index (χ3n) is 4.73. The van der Waals surface area contributed by atoms with Gasteiger partial charge in [0.1, 0.15) is 0 Å². The molecule has 3 heteroatoms. The standard InChI is InChI=1S/C14H26N2O/c1-2-12(1)14(5-6-14)11-16-9-10-17-13-3-7-15-8-4-13/h12-13,15-16H,1-11H2. The molecule has 2 saturated carbocycles. The third kappa shape index (κ3) is 3.21. The zero-order valence-electron chi connectivity index (χ0n) is 10.8. The SMILES string of the molecule is C1CC(OCCNCC2(C3CC3)CC2)CCN1. The van der Waals surface area contributed by atoms with Crippen LogP contribution in [0.15, 0.2) is 0 Å². The summed E-state index contributed by atoms with van der Waals surface area (Å²) >= 11 is 0. The van der Waals surface area contributed by atoms with E-state index < -0.39 is 0 Å². The van der Waals surface area contributed by atoms with E-state index in [1.54, 1.807) is 0 Å². The van der Waals surface area contributed by atoms with E-state index in [2.05, 4.69) is 10.6 Å². The average molecular weight is 238 g/mol. The highest BCUT2D eigenvalue weighted by Gasteiger charge is 2.53. The van der Waals surface area contributed by atoms with Gasteiger partial charge in [0.25, 0.3) is 0 Å². The smallest absolute Gasteiger partial charge is 0.0600 e. The summed E-state index contributed by atoms with van der Waals surface area (Å²) in [6.45, 7) is 5.43. The van der Waals surface area contributed by atoms with Crippen LogP contribution in [0.4, 0.5) is 0 Å².